The number of carbonyl (C=O) groups is 1. The average Bonchev–Trinajstić information content (AvgIpc) is 3.35. The number of piperazine rings is 1. The number of hydrogen-bond donors (Lipinski definition) is 1. The van der Waals surface area contributed by atoms with E-state index in [2.05, 4.69) is 38.9 Å². The van der Waals surface area contributed by atoms with E-state index in [-0.39, 0.29) is 6.03 Å². The summed E-state index contributed by atoms with van der Waals surface area (Å²) in [7, 11) is 0. The van der Waals surface area contributed by atoms with Crippen LogP contribution < -0.4 is 10.2 Å². The van der Waals surface area contributed by atoms with Crippen LogP contribution in [-0.4, -0.2) is 48.0 Å². The summed E-state index contributed by atoms with van der Waals surface area (Å²) >= 11 is 1.53. The lowest BCUT2D eigenvalue weighted by atomic mass is 10.1. The molecule has 7 heteroatoms. The van der Waals surface area contributed by atoms with E-state index in [1.165, 1.54) is 27.2 Å². The van der Waals surface area contributed by atoms with Gasteiger partial charge in [-0.15, -0.1) is 0 Å². The molecule has 30 heavy (non-hydrogen) atoms. The summed E-state index contributed by atoms with van der Waals surface area (Å²) in [5, 5.41) is 5.41. The van der Waals surface area contributed by atoms with Crippen LogP contribution in [0.3, 0.4) is 0 Å². The first-order valence-electron chi connectivity index (χ1n) is 10.3. The minimum absolute atomic E-state index is 0.00300. The molecule has 0 unspecified atom stereocenters. The fourth-order valence-electron chi connectivity index (χ4n) is 4.16. The molecule has 5 rings (SSSR count). The zero-order valence-corrected chi connectivity index (χ0v) is 17.7. The van der Waals surface area contributed by atoms with Crippen molar-refractivity contribution in [3.8, 4) is 0 Å². The van der Waals surface area contributed by atoms with Crippen LogP contribution in [0.15, 0.2) is 52.9 Å². The van der Waals surface area contributed by atoms with E-state index >= 15 is 0 Å². The first kappa shape index (κ1) is 18.9. The van der Waals surface area contributed by atoms with Crippen molar-refractivity contribution >= 4 is 44.4 Å². The van der Waals surface area contributed by atoms with Crippen LogP contribution in [0.4, 0.5) is 10.6 Å². The van der Waals surface area contributed by atoms with E-state index in [1.807, 2.05) is 36.1 Å². The van der Waals surface area contributed by atoms with Gasteiger partial charge in [-0.2, -0.15) is 4.37 Å². The van der Waals surface area contributed by atoms with Crippen molar-refractivity contribution in [3.63, 3.8) is 0 Å². The third kappa shape index (κ3) is 3.50. The molecule has 0 spiro atoms. The molecular weight excluding hydrogens is 396 g/mol. The maximum absolute atomic E-state index is 12.6. The van der Waals surface area contributed by atoms with E-state index in [9.17, 15) is 4.79 Å². The van der Waals surface area contributed by atoms with Crippen LogP contribution in [0.25, 0.3) is 21.1 Å². The minimum atomic E-state index is 0.00300. The van der Waals surface area contributed by atoms with Gasteiger partial charge < -0.3 is 19.5 Å². The number of hydrogen-bond acceptors (Lipinski definition) is 5. The molecule has 0 bridgehead atoms. The highest BCUT2D eigenvalue weighted by molar-refractivity contribution is 7.13. The zero-order valence-electron chi connectivity index (χ0n) is 16.9. The third-order valence-electron chi connectivity index (χ3n) is 5.78. The van der Waals surface area contributed by atoms with Gasteiger partial charge in [-0.3, -0.25) is 0 Å². The highest BCUT2D eigenvalue weighted by Gasteiger charge is 2.23. The van der Waals surface area contributed by atoms with E-state index < -0.39 is 0 Å². The Hall–Kier alpha value is -3.06. The molecule has 1 aliphatic heterocycles. The van der Waals surface area contributed by atoms with Gasteiger partial charge in [0.2, 0.25) is 0 Å². The van der Waals surface area contributed by atoms with E-state index in [0.717, 1.165) is 42.1 Å². The van der Waals surface area contributed by atoms with E-state index in [4.69, 9.17) is 4.42 Å². The quantitative estimate of drug-likeness (QED) is 0.531. The number of nitrogens with zero attached hydrogens (tertiary/aromatic N) is 3. The number of rotatable bonds is 4. The van der Waals surface area contributed by atoms with Crippen molar-refractivity contribution in [2.75, 3.05) is 37.6 Å². The van der Waals surface area contributed by atoms with Crippen LogP contribution in [-0.2, 0) is 6.42 Å². The van der Waals surface area contributed by atoms with Crippen LogP contribution in [0.1, 0.15) is 11.3 Å². The van der Waals surface area contributed by atoms with Crippen molar-refractivity contribution in [2.24, 2.45) is 0 Å². The molecule has 1 aliphatic rings. The third-order valence-corrected chi connectivity index (χ3v) is 6.59. The molecule has 0 aliphatic carbocycles. The number of aryl methyl sites for hydroxylation is 1. The highest BCUT2D eigenvalue weighted by Crippen LogP contribution is 2.30. The number of aromatic nitrogens is 1. The number of carbonyl (C=O) groups excluding carboxylic acids is 1. The number of fused-ring (bicyclic) bond motifs is 2. The number of amides is 2. The smallest absolute Gasteiger partial charge is 0.317 e. The monoisotopic (exact) mass is 420 g/mol. The van der Waals surface area contributed by atoms with Crippen molar-refractivity contribution in [3.05, 3.63) is 59.9 Å². The summed E-state index contributed by atoms with van der Waals surface area (Å²) in [6.07, 6.45) is 0.763. The Morgan fingerprint density at radius 3 is 2.63 bits per heavy atom. The van der Waals surface area contributed by atoms with Crippen molar-refractivity contribution in [1.29, 1.82) is 0 Å². The average molecular weight is 421 g/mol. The van der Waals surface area contributed by atoms with Gasteiger partial charge in [-0.1, -0.05) is 30.3 Å². The molecule has 0 atom stereocenters. The Labute approximate surface area is 179 Å². The molecule has 4 aromatic rings. The Bertz CT molecular complexity index is 1190. The van der Waals surface area contributed by atoms with Gasteiger partial charge in [0.1, 0.15) is 17.2 Å². The van der Waals surface area contributed by atoms with Gasteiger partial charge in [0, 0.05) is 49.1 Å². The first-order chi connectivity index (χ1) is 14.7. The van der Waals surface area contributed by atoms with Crippen LogP contribution in [0.5, 0.6) is 0 Å². The van der Waals surface area contributed by atoms with Gasteiger partial charge in [-0.05, 0) is 43.1 Å². The van der Waals surface area contributed by atoms with E-state index in [1.54, 1.807) is 0 Å². The van der Waals surface area contributed by atoms with Crippen molar-refractivity contribution < 1.29 is 9.21 Å². The van der Waals surface area contributed by atoms with Gasteiger partial charge in [0.25, 0.3) is 0 Å². The predicted octanol–water partition coefficient (Wildman–Crippen LogP) is 4.43. The fourth-order valence-corrected chi connectivity index (χ4v) is 4.96. The Morgan fingerprint density at radius 1 is 1.07 bits per heavy atom. The summed E-state index contributed by atoms with van der Waals surface area (Å²) in [6, 6.07) is 16.4. The largest absolute Gasteiger partial charge is 0.461 e. The molecule has 154 valence electrons. The van der Waals surface area contributed by atoms with Gasteiger partial charge in [0.05, 0.1) is 4.70 Å². The van der Waals surface area contributed by atoms with Crippen LogP contribution in [0, 0.1) is 6.92 Å². The molecule has 6 nitrogen and oxygen atoms in total. The number of urea groups is 1. The topological polar surface area (TPSA) is 61.6 Å². The van der Waals surface area contributed by atoms with Gasteiger partial charge >= 0.3 is 6.03 Å². The predicted molar refractivity (Wildman–Crippen MR) is 121 cm³/mol. The molecule has 2 aromatic heterocycles. The Kier molecular flexibility index (Phi) is 5.04. The lowest BCUT2D eigenvalue weighted by Gasteiger charge is -2.35. The molecule has 2 amide bonds. The lowest BCUT2D eigenvalue weighted by Crippen LogP contribution is -2.52. The van der Waals surface area contributed by atoms with E-state index in [0.29, 0.717) is 19.6 Å². The maximum Gasteiger partial charge on any atom is 0.317 e. The molecule has 1 saturated heterocycles. The minimum Gasteiger partial charge on any atom is -0.461 e. The standard InChI is InChI=1S/C23H24N4O2S/c1-16-17(18-6-2-4-8-20(18)29-16)10-11-24-23(28)27-14-12-26(13-15-27)22-19-7-3-5-9-21(19)30-25-22/h2-9H,10-15H2,1H3,(H,24,28). The molecular formula is C23H24N4O2S. The van der Waals surface area contributed by atoms with Crippen molar-refractivity contribution in [2.45, 2.75) is 13.3 Å². The molecule has 1 N–H and O–H groups in total. The second kappa shape index (κ2) is 7.99. The highest BCUT2D eigenvalue weighted by atomic mass is 32.1. The number of anilines is 1. The first-order valence-corrected chi connectivity index (χ1v) is 11.1. The van der Waals surface area contributed by atoms with Crippen LogP contribution >= 0.6 is 11.5 Å². The number of furan rings is 1. The normalized spacial score (nSPS) is 14.6. The summed E-state index contributed by atoms with van der Waals surface area (Å²) in [4.78, 5) is 16.8. The zero-order chi connectivity index (χ0) is 20.5. The second-order valence-corrected chi connectivity index (χ2v) is 8.40. The number of para-hydroxylation sites is 1. The molecule has 0 saturated carbocycles. The molecule has 2 aromatic carbocycles. The summed E-state index contributed by atoms with van der Waals surface area (Å²) in [6.45, 7) is 5.58. The maximum atomic E-state index is 12.6. The fraction of sp³-hybridized carbons (Fsp3) is 0.304. The summed E-state index contributed by atoms with van der Waals surface area (Å²) < 4.78 is 11.7. The number of benzene rings is 2. The number of nitrogens with one attached hydrogen (secondary N) is 1. The lowest BCUT2D eigenvalue weighted by molar-refractivity contribution is 0.194. The molecule has 1 fully saturated rings. The Balaban J connectivity index is 1.16. The van der Waals surface area contributed by atoms with Gasteiger partial charge in [0.15, 0.2) is 0 Å². The summed E-state index contributed by atoms with van der Waals surface area (Å²) in [5.74, 6) is 1.97. The molecule has 3 heterocycles. The SMILES string of the molecule is Cc1oc2ccccc2c1CCNC(=O)N1CCN(c2nsc3ccccc23)CC1. The summed E-state index contributed by atoms with van der Waals surface area (Å²) in [5.41, 5.74) is 2.08. The Morgan fingerprint density at radius 2 is 1.80 bits per heavy atom. The second-order valence-electron chi connectivity index (χ2n) is 7.59. The van der Waals surface area contributed by atoms with Crippen LogP contribution in [0.2, 0.25) is 0 Å². The van der Waals surface area contributed by atoms with Gasteiger partial charge in [-0.25, -0.2) is 4.79 Å². The van der Waals surface area contributed by atoms with Crippen molar-refractivity contribution in [1.82, 2.24) is 14.6 Å². The molecule has 0 radical (unpaired) electrons.